The number of nitrogens with one attached hydrogen (secondary N) is 1. The fourth-order valence-electron chi connectivity index (χ4n) is 1.69. The third-order valence-electron chi connectivity index (χ3n) is 2.70. The van der Waals surface area contributed by atoms with Crippen molar-refractivity contribution in [2.24, 2.45) is 0 Å². The molecule has 1 aromatic carbocycles. The number of carbonyl (C=O) groups is 1. The molecule has 104 valence electrons. The fourth-order valence-corrected chi connectivity index (χ4v) is 2.23. The van der Waals surface area contributed by atoms with Gasteiger partial charge in [0.05, 0.1) is 20.7 Å². The van der Waals surface area contributed by atoms with Crippen LogP contribution >= 0.6 is 27.5 Å². The number of benzene rings is 1. The van der Waals surface area contributed by atoms with Gasteiger partial charge in [-0.25, -0.2) is 9.78 Å². The number of aryl methyl sites for hydroxylation is 1. The van der Waals surface area contributed by atoms with E-state index in [9.17, 15) is 4.79 Å². The molecule has 1 heterocycles. The average molecular weight is 356 g/mol. The lowest BCUT2D eigenvalue weighted by molar-refractivity contribution is 0.0696. The lowest BCUT2D eigenvalue weighted by atomic mass is 10.2. The SMILES string of the molecule is CCc1cc(C(=O)O)cc(Nc2cccc(Cl)c2Br)n1. The molecule has 0 unspecified atom stereocenters. The van der Waals surface area contributed by atoms with Gasteiger partial charge in [-0.1, -0.05) is 24.6 Å². The summed E-state index contributed by atoms with van der Waals surface area (Å²) in [6.45, 7) is 1.92. The van der Waals surface area contributed by atoms with Gasteiger partial charge < -0.3 is 10.4 Å². The van der Waals surface area contributed by atoms with Gasteiger partial charge in [0.15, 0.2) is 0 Å². The molecular weight excluding hydrogens is 344 g/mol. The van der Waals surface area contributed by atoms with E-state index in [1.54, 1.807) is 18.2 Å². The van der Waals surface area contributed by atoms with Gasteiger partial charge in [0, 0.05) is 5.69 Å². The zero-order chi connectivity index (χ0) is 14.7. The molecule has 0 aliphatic rings. The van der Waals surface area contributed by atoms with Crippen molar-refractivity contribution in [3.8, 4) is 0 Å². The Hall–Kier alpha value is -1.59. The Bertz CT molecular complexity index is 662. The molecule has 2 rings (SSSR count). The van der Waals surface area contributed by atoms with E-state index in [4.69, 9.17) is 16.7 Å². The van der Waals surface area contributed by atoms with Crippen molar-refractivity contribution in [1.82, 2.24) is 4.98 Å². The number of halogens is 2. The van der Waals surface area contributed by atoms with Gasteiger partial charge in [0.2, 0.25) is 0 Å². The molecule has 0 saturated carbocycles. The van der Waals surface area contributed by atoms with Crippen LogP contribution in [0.15, 0.2) is 34.8 Å². The monoisotopic (exact) mass is 354 g/mol. The van der Waals surface area contributed by atoms with Crippen LogP contribution in [0.25, 0.3) is 0 Å². The molecule has 0 radical (unpaired) electrons. The summed E-state index contributed by atoms with van der Waals surface area (Å²) in [6, 6.07) is 8.46. The van der Waals surface area contributed by atoms with Crippen molar-refractivity contribution in [2.75, 3.05) is 5.32 Å². The second-order valence-corrected chi connectivity index (χ2v) is 5.32. The van der Waals surface area contributed by atoms with Gasteiger partial charge >= 0.3 is 5.97 Å². The van der Waals surface area contributed by atoms with Crippen LogP contribution < -0.4 is 5.32 Å². The van der Waals surface area contributed by atoms with E-state index >= 15 is 0 Å². The quantitative estimate of drug-likeness (QED) is 0.847. The Labute approximate surface area is 129 Å². The van der Waals surface area contributed by atoms with Crippen LogP contribution in [-0.4, -0.2) is 16.1 Å². The van der Waals surface area contributed by atoms with Crippen molar-refractivity contribution in [3.63, 3.8) is 0 Å². The van der Waals surface area contributed by atoms with E-state index in [0.717, 1.165) is 5.69 Å². The van der Waals surface area contributed by atoms with Crippen molar-refractivity contribution >= 4 is 45.0 Å². The molecule has 0 atom stereocenters. The molecule has 2 aromatic rings. The van der Waals surface area contributed by atoms with Gasteiger partial charge in [0.25, 0.3) is 0 Å². The molecule has 0 saturated heterocycles. The number of aromatic nitrogens is 1. The van der Waals surface area contributed by atoms with Crippen molar-refractivity contribution in [3.05, 3.63) is 51.1 Å². The van der Waals surface area contributed by atoms with E-state index in [1.807, 2.05) is 13.0 Å². The molecule has 0 amide bonds. The van der Waals surface area contributed by atoms with Crippen LogP contribution in [0.1, 0.15) is 23.0 Å². The highest BCUT2D eigenvalue weighted by molar-refractivity contribution is 9.10. The number of rotatable bonds is 4. The first kappa shape index (κ1) is 14.8. The van der Waals surface area contributed by atoms with Crippen LogP contribution in [0, 0.1) is 0 Å². The van der Waals surface area contributed by atoms with Crippen LogP contribution in [0.5, 0.6) is 0 Å². The van der Waals surface area contributed by atoms with Gasteiger partial charge in [-0.2, -0.15) is 0 Å². The highest BCUT2D eigenvalue weighted by atomic mass is 79.9. The topological polar surface area (TPSA) is 62.2 Å². The highest BCUT2D eigenvalue weighted by Gasteiger charge is 2.10. The van der Waals surface area contributed by atoms with Crippen molar-refractivity contribution in [1.29, 1.82) is 0 Å². The van der Waals surface area contributed by atoms with Crippen molar-refractivity contribution < 1.29 is 9.90 Å². The Balaban J connectivity index is 2.40. The Morgan fingerprint density at radius 2 is 2.20 bits per heavy atom. The fraction of sp³-hybridized carbons (Fsp3) is 0.143. The summed E-state index contributed by atoms with van der Waals surface area (Å²) in [5, 5.41) is 12.8. The summed E-state index contributed by atoms with van der Waals surface area (Å²) in [6.07, 6.45) is 0.659. The summed E-state index contributed by atoms with van der Waals surface area (Å²) in [5.41, 5.74) is 1.65. The van der Waals surface area contributed by atoms with Gasteiger partial charge in [0.1, 0.15) is 5.82 Å². The van der Waals surface area contributed by atoms with E-state index in [0.29, 0.717) is 27.4 Å². The van der Waals surface area contributed by atoms with E-state index < -0.39 is 5.97 Å². The van der Waals surface area contributed by atoms with E-state index in [-0.39, 0.29) is 5.56 Å². The molecule has 20 heavy (non-hydrogen) atoms. The average Bonchev–Trinajstić information content (AvgIpc) is 2.43. The number of nitrogens with zero attached hydrogens (tertiary/aromatic N) is 1. The number of carboxylic acids is 1. The Kier molecular flexibility index (Phi) is 4.62. The lowest BCUT2D eigenvalue weighted by Crippen LogP contribution is -2.03. The molecule has 0 fully saturated rings. The minimum Gasteiger partial charge on any atom is -0.478 e. The third kappa shape index (κ3) is 3.29. The molecule has 0 bridgehead atoms. The second-order valence-electron chi connectivity index (χ2n) is 4.12. The third-order valence-corrected chi connectivity index (χ3v) is 4.10. The predicted molar refractivity (Wildman–Crippen MR) is 83.0 cm³/mol. The summed E-state index contributed by atoms with van der Waals surface area (Å²) in [7, 11) is 0. The lowest BCUT2D eigenvalue weighted by Gasteiger charge is -2.10. The van der Waals surface area contributed by atoms with Crippen LogP contribution in [0.3, 0.4) is 0 Å². The summed E-state index contributed by atoms with van der Waals surface area (Å²) < 4.78 is 0.710. The van der Waals surface area contributed by atoms with Crippen LogP contribution in [0.2, 0.25) is 5.02 Å². The second kappa shape index (κ2) is 6.24. The van der Waals surface area contributed by atoms with Gasteiger partial charge in [-0.3, -0.25) is 0 Å². The zero-order valence-corrected chi connectivity index (χ0v) is 13.0. The molecule has 4 nitrogen and oxygen atoms in total. The number of hydrogen-bond donors (Lipinski definition) is 2. The Morgan fingerprint density at radius 1 is 1.45 bits per heavy atom. The largest absolute Gasteiger partial charge is 0.478 e. The summed E-state index contributed by atoms with van der Waals surface area (Å²) in [4.78, 5) is 15.5. The highest BCUT2D eigenvalue weighted by Crippen LogP contribution is 2.31. The normalized spacial score (nSPS) is 10.3. The number of aromatic carboxylic acids is 1. The Morgan fingerprint density at radius 3 is 2.85 bits per heavy atom. The first-order valence-corrected chi connectivity index (χ1v) is 7.13. The van der Waals surface area contributed by atoms with Crippen molar-refractivity contribution in [2.45, 2.75) is 13.3 Å². The first-order chi connectivity index (χ1) is 9.51. The van der Waals surface area contributed by atoms with E-state index in [1.165, 1.54) is 6.07 Å². The standard InChI is InChI=1S/C14H12BrClN2O2/c1-2-9-6-8(14(19)20)7-12(17-9)18-11-5-3-4-10(16)13(11)15/h3-7H,2H2,1H3,(H,17,18)(H,19,20). The maximum absolute atomic E-state index is 11.1. The molecule has 0 spiro atoms. The minimum atomic E-state index is -0.977. The van der Waals surface area contributed by atoms with Crippen LogP contribution in [0.4, 0.5) is 11.5 Å². The van der Waals surface area contributed by atoms with Gasteiger partial charge in [-0.05, 0) is 46.6 Å². The summed E-state index contributed by atoms with van der Waals surface area (Å²) >= 11 is 9.40. The summed E-state index contributed by atoms with van der Waals surface area (Å²) in [5.74, 6) is -0.500. The number of carboxylic acid groups (broad SMARTS) is 1. The maximum Gasteiger partial charge on any atom is 0.335 e. The molecule has 2 N–H and O–H groups in total. The molecular formula is C14H12BrClN2O2. The number of pyridine rings is 1. The number of hydrogen-bond acceptors (Lipinski definition) is 3. The minimum absolute atomic E-state index is 0.206. The maximum atomic E-state index is 11.1. The first-order valence-electron chi connectivity index (χ1n) is 5.96. The molecule has 1 aromatic heterocycles. The molecule has 6 heteroatoms. The molecule has 0 aliphatic carbocycles. The zero-order valence-electron chi connectivity index (χ0n) is 10.7. The molecule has 0 aliphatic heterocycles. The van der Waals surface area contributed by atoms with Crippen LogP contribution in [-0.2, 0) is 6.42 Å². The number of anilines is 2. The smallest absolute Gasteiger partial charge is 0.335 e. The predicted octanol–water partition coefficient (Wildman–Crippen LogP) is 4.50. The van der Waals surface area contributed by atoms with E-state index in [2.05, 4.69) is 26.2 Å². The van der Waals surface area contributed by atoms with Gasteiger partial charge in [-0.15, -0.1) is 0 Å².